The second-order valence-electron chi connectivity index (χ2n) is 18.5. The average molecular weight is 1270 g/mol. The van der Waals surface area contributed by atoms with Crippen LogP contribution in [0.5, 0.6) is 0 Å². The molecule has 0 spiro atoms. The fourth-order valence-electron chi connectivity index (χ4n) is 7.55. The molecule has 10 rings (SSSR count). The summed E-state index contributed by atoms with van der Waals surface area (Å²) in [6.07, 6.45) is 9.24. The third-order valence-electron chi connectivity index (χ3n) is 11.9. The van der Waals surface area contributed by atoms with E-state index in [-0.39, 0.29) is 17.3 Å². The number of thiophene rings is 2. The van der Waals surface area contributed by atoms with Crippen molar-refractivity contribution < 1.29 is 34.3 Å². The number of aliphatic carboxylic acids is 2. The largest absolute Gasteiger partial charge is 0.478 e. The lowest BCUT2D eigenvalue weighted by Gasteiger charge is -2.08. The molecule has 10 aromatic rings. The highest BCUT2D eigenvalue weighted by atomic mass is 35.5. The number of carbonyl (C=O) groups is 4. The number of anilines is 6. The van der Waals surface area contributed by atoms with Gasteiger partial charge in [0.1, 0.15) is 12.0 Å². The van der Waals surface area contributed by atoms with E-state index >= 15 is 0 Å². The van der Waals surface area contributed by atoms with Crippen molar-refractivity contribution in [3.05, 3.63) is 294 Å². The van der Waals surface area contributed by atoms with Gasteiger partial charge in [-0.25, -0.2) is 9.59 Å². The summed E-state index contributed by atoms with van der Waals surface area (Å²) < 4.78 is 0. The Morgan fingerprint density at radius 3 is 1.35 bits per heavy atom. The van der Waals surface area contributed by atoms with Gasteiger partial charge in [-0.2, -0.15) is 0 Å². The second kappa shape index (κ2) is 35.3. The molecule has 1 amide bonds. The van der Waals surface area contributed by atoms with Gasteiger partial charge in [-0.3, -0.25) is 19.7 Å². The fourth-order valence-corrected chi connectivity index (χ4v) is 9.58. The van der Waals surface area contributed by atoms with Crippen molar-refractivity contribution in [2.75, 3.05) is 33.2 Å². The molecule has 15 nitrogen and oxygen atoms in total. The number of nitro groups is 1. The van der Waals surface area contributed by atoms with E-state index in [4.69, 9.17) is 62.2 Å². The number of halogens is 3. The molecule has 2 heterocycles. The number of nitro benzene ring substituents is 1. The minimum Gasteiger partial charge on any atom is -0.478 e. The molecule has 0 saturated carbocycles. The van der Waals surface area contributed by atoms with Crippen molar-refractivity contribution in [1.29, 1.82) is 0 Å². The number of carboxylic acid groups (broad SMARTS) is 2. The third-order valence-corrected chi connectivity index (χ3v) is 14.5. The van der Waals surface area contributed by atoms with Gasteiger partial charge in [0, 0.05) is 84.8 Å². The van der Waals surface area contributed by atoms with Gasteiger partial charge < -0.3 is 43.4 Å². The highest BCUT2D eigenvalue weighted by molar-refractivity contribution is 7.13. The normalized spacial score (nSPS) is 10.4. The number of carboxylic acids is 2. The van der Waals surface area contributed by atoms with Crippen molar-refractivity contribution in [2.24, 2.45) is 0 Å². The molecule has 8 aromatic carbocycles. The highest BCUT2D eigenvalue weighted by Crippen LogP contribution is 2.32. The Morgan fingerprint density at radius 1 is 0.500 bits per heavy atom. The van der Waals surface area contributed by atoms with Crippen LogP contribution >= 0.6 is 57.5 Å². The average Bonchev–Trinajstić information content (AvgIpc) is 4.43. The first-order valence-corrected chi connectivity index (χ1v) is 29.3. The maximum Gasteiger partial charge on any atom is 0.328 e. The van der Waals surface area contributed by atoms with Crippen LogP contribution in [0, 0.1) is 10.1 Å². The predicted octanol–water partition coefficient (Wildman–Crippen LogP) is 17.4. The van der Waals surface area contributed by atoms with Crippen LogP contribution in [-0.2, 0) is 27.5 Å². The molecule has 0 aliphatic rings. The number of aldehydes is 1. The minimum absolute atomic E-state index is 0.0460. The van der Waals surface area contributed by atoms with E-state index in [9.17, 15) is 29.3 Å². The quantitative estimate of drug-likeness (QED) is 0.0139. The zero-order valence-corrected chi connectivity index (χ0v) is 50.6. The fraction of sp³-hybridized carbons (Fsp3) is 0.0294. The highest BCUT2D eigenvalue weighted by Gasteiger charge is 2.12. The molecular formula is C68H58Cl3N7O8S2. The zero-order chi connectivity index (χ0) is 63.2. The van der Waals surface area contributed by atoms with Gasteiger partial charge in [0.15, 0.2) is 0 Å². The summed E-state index contributed by atoms with van der Waals surface area (Å²) in [6, 6.07) is 62.9. The van der Waals surface area contributed by atoms with E-state index in [0.29, 0.717) is 50.8 Å². The number of nitrogen functional groups attached to an aromatic ring is 3. The van der Waals surface area contributed by atoms with Gasteiger partial charge in [-0.05, 0) is 159 Å². The number of hydrogen-bond acceptors (Lipinski definition) is 13. The van der Waals surface area contributed by atoms with Crippen molar-refractivity contribution in [2.45, 2.75) is 13.1 Å². The molecule has 0 unspecified atom stereocenters. The molecule has 0 saturated heterocycles. The third kappa shape index (κ3) is 24.0. The van der Waals surface area contributed by atoms with Crippen LogP contribution in [0.15, 0.2) is 235 Å². The number of carbonyl (C=O) groups excluding carboxylic acids is 2. The van der Waals surface area contributed by atoms with E-state index < -0.39 is 16.9 Å². The molecule has 0 aliphatic carbocycles. The predicted molar refractivity (Wildman–Crippen MR) is 364 cm³/mol. The molecule has 11 N–H and O–H groups in total. The van der Waals surface area contributed by atoms with Gasteiger partial charge in [0.25, 0.3) is 5.69 Å². The van der Waals surface area contributed by atoms with Gasteiger partial charge in [-0.1, -0.05) is 144 Å². The molecular weight excluding hydrogens is 1210 g/mol. The molecule has 0 aliphatic heterocycles. The van der Waals surface area contributed by atoms with Gasteiger partial charge in [-0.15, -0.1) is 22.7 Å². The molecule has 0 bridgehead atoms. The Balaban J connectivity index is 0.000000189. The topological polar surface area (TPSA) is 266 Å². The van der Waals surface area contributed by atoms with Crippen LogP contribution in [0.3, 0.4) is 0 Å². The first-order chi connectivity index (χ1) is 42.4. The SMILES string of the molecule is Nc1cc(-c2cccs2)ccc1[N+](=O)[O-].Nc1ccc(-c2cccs2)cc1NC(=O)/C=C/c1ccc(CNc2cccc(Cl)c2)cc1.Nc1cccc(Cl)c1.O=C(O)/C=C/c1ccc(CNc2cccc(Cl)c2)cc1.O=Cc1ccc(/C=C/C(=O)O)cc1. The Kier molecular flexibility index (Phi) is 26.8. The molecule has 0 atom stereocenters. The molecule has 20 heteroatoms. The van der Waals surface area contributed by atoms with Crippen molar-refractivity contribution in [3.8, 4) is 20.9 Å². The van der Waals surface area contributed by atoms with E-state index in [2.05, 4.69) is 16.0 Å². The van der Waals surface area contributed by atoms with Crippen LogP contribution in [-0.4, -0.2) is 39.3 Å². The van der Waals surface area contributed by atoms with Crippen LogP contribution < -0.4 is 33.2 Å². The first kappa shape index (κ1) is 66.9. The number of nitrogens with two attached hydrogens (primary N) is 3. The summed E-state index contributed by atoms with van der Waals surface area (Å²) in [7, 11) is 0. The standard InChI is InChI=1S/C26H22ClN3OS.C16H14ClNO2.C10H8N2O2S.C10H8O3.C6H6ClN/c27-21-3-1-4-22(16-21)29-17-19-8-6-18(7-9-19)10-13-26(31)30-24-15-20(11-12-23(24)28)25-5-2-14-32-25;17-14-2-1-3-15(10-14)18-11-13-6-4-12(5-7-13)8-9-16(19)20;11-8-6-7(10-2-1-5-15-10)3-4-9(8)12(13)14;11-7-9-3-1-8(2-4-9)5-6-10(12)13;7-5-2-1-3-6(8)4-5/h1-16,29H,17,28H2,(H,30,31);1-10,18H,11H2,(H,19,20);1-6H,11H2;1-7H,(H,12,13);1-4H,8H2/b13-10+;9-8+;;6-5+;. The van der Waals surface area contributed by atoms with Crippen molar-refractivity contribution in [3.63, 3.8) is 0 Å². The van der Waals surface area contributed by atoms with E-state index in [0.717, 1.165) is 78.5 Å². The maximum absolute atomic E-state index is 12.4. The minimum atomic E-state index is -0.987. The summed E-state index contributed by atoms with van der Waals surface area (Å²) >= 11 is 20.7. The van der Waals surface area contributed by atoms with E-state index in [1.165, 1.54) is 18.2 Å². The maximum atomic E-state index is 12.4. The monoisotopic (exact) mass is 1270 g/mol. The summed E-state index contributed by atoms with van der Waals surface area (Å²) in [5.74, 6) is -2.16. The Bertz CT molecular complexity index is 3980. The van der Waals surface area contributed by atoms with E-state index in [1.54, 1.807) is 89.4 Å². The molecule has 2 aromatic heterocycles. The summed E-state index contributed by atoms with van der Waals surface area (Å²) in [5, 5.41) is 43.0. The zero-order valence-electron chi connectivity index (χ0n) is 46.7. The number of benzene rings is 8. The summed E-state index contributed by atoms with van der Waals surface area (Å²) in [5.41, 5.74) is 28.2. The van der Waals surface area contributed by atoms with Crippen molar-refractivity contribution in [1.82, 2.24) is 0 Å². The number of rotatable bonds is 17. The number of nitrogens with one attached hydrogen (secondary N) is 3. The van der Waals surface area contributed by atoms with Crippen LogP contribution in [0.2, 0.25) is 15.1 Å². The van der Waals surface area contributed by atoms with Gasteiger partial charge >= 0.3 is 11.9 Å². The Morgan fingerprint density at radius 2 is 0.943 bits per heavy atom. The lowest BCUT2D eigenvalue weighted by molar-refractivity contribution is -0.383. The molecule has 0 fully saturated rings. The molecule has 0 radical (unpaired) electrons. The summed E-state index contributed by atoms with van der Waals surface area (Å²) in [6.45, 7) is 1.37. The van der Waals surface area contributed by atoms with Gasteiger partial charge in [0.2, 0.25) is 5.91 Å². The van der Waals surface area contributed by atoms with Crippen LogP contribution in [0.4, 0.5) is 39.8 Å². The lowest BCUT2D eigenvalue weighted by Crippen LogP contribution is -2.09. The Labute approximate surface area is 531 Å². The number of hydrogen-bond donors (Lipinski definition) is 8. The molecule has 88 heavy (non-hydrogen) atoms. The van der Waals surface area contributed by atoms with Gasteiger partial charge in [0.05, 0.1) is 16.3 Å². The van der Waals surface area contributed by atoms with Crippen molar-refractivity contribution >= 4 is 140 Å². The second-order valence-corrected chi connectivity index (χ2v) is 21.7. The Hall–Kier alpha value is -10.3. The number of amides is 1. The first-order valence-electron chi connectivity index (χ1n) is 26.4. The van der Waals surface area contributed by atoms with E-state index in [1.807, 2.05) is 156 Å². The molecule has 446 valence electrons. The lowest BCUT2D eigenvalue weighted by atomic mass is 10.1. The smallest absolute Gasteiger partial charge is 0.328 e. The van der Waals surface area contributed by atoms with Crippen LogP contribution in [0.25, 0.3) is 39.1 Å². The van der Waals surface area contributed by atoms with Crippen LogP contribution in [0.1, 0.15) is 38.2 Å². The summed E-state index contributed by atoms with van der Waals surface area (Å²) in [4.78, 5) is 55.5. The number of nitrogens with zero attached hydrogens (tertiary/aromatic N) is 1.